The summed E-state index contributed by atoms with van der Waals surface area (Å²) in [6.45, 7) is 0. The van der Waals surface area contributed by atoms with Crippen LogP contribution in [-0.4, -0.2) is 30.1 Å². The molecule has 0 bridgehead atoms. The van der Waals surface area contributed by atoms with Crippen molar-refractivity contribution in [2.75, 3.05) is 21.3 Å². The Morgan fingerprint density at radius 1 is 0.824 bits per heavy atom. The maximum Gasteiger partial charge on any atom is 0.539 e. The molecule has 0 heterocycles. The molecule has 3 nitrogen and oxygen atoms in total. The number of rotatable bonds is 4. The smallest absolute Gasteiger partial charge is 0.373 e. The lowest BCUT2D eigenvalue weighted by Gasteiger charge is -2.25. The summed E-state index contributed by atoms with van der Waals surface area (Å²) in [4.78, 5) is 0. The summed E-state index contributed by atoms with van der Waals surface area (Å²) in [5.74, 6) is -6.94. The standard InChI is InChI=1S/C9H10F4O3Si/c1-14-17(15-2,16-3)6-4-5(10)7(11)9(13)8(6)12/h4H,1-3H3. The van der Waals surface area contributed by atoms with E-state index in [1.165, 1.54) is 0 Å². The number of hydrogen-bond acceptors (Lipinski definition) is 3. The van der Waals surface area contributed by atoms with Crippen LogP contribution in [0.3, 0.4) is 0 Å². The molecular weight excluding hydrogens is 260 g/mol. The summed E-state index contributed by atoms with van der Waals surface area (Å²) >= 11 is 0. The molecule has 0 fully saturated rings. The molecule has 0 radical (unpaired) electrons. The second-order valence-electron chi connectivity index (χ2n) is 3.02. The van der Waals surface area contributed by atoms with Crippen LogP contribution < -0.4 is 5.19 Å². The van der Waals surface area contributed by atoms with Crippen LogP contribution in [0.5, 0.6) is 0 Å². The third-order valence-electron chi connectivity index (χ3n) is 2.24. The van der Waals surface area contributed by atoms with Crippen LogP contribution in [0.25, 0.3) is 0 Å². The lowest BCUT2D eigenvalue weighted by atomic mass is 10.3. The van der Waals surface area contributed by atoms with E-state index in [-0.39, 0.29) is 0 Å². The van der Waals surface area contributed by atoms with Gasteiger partial charge in [-0.05, 0) is 6.07 Å². The molecule has 1 aromatic rings. The normalized spacial score (nSPS) is 11.9. The molecule has 0 aliphatic carbocycles. The van der Waals surface area contributed by atoms with Crippen molar-refractivity contribution in [3.05, 3.63) is 29.3 Å². The van der Waals surface area contributed by atoms with Crippen molar-refractivity contribution in [3.63, 3.8) is 0 Å². The number of halogens is 4. The average molecular weight is 270 g/mol. The first-order chi connectivity index (χ1) is 7.93. The van der Waals surface area contributed by atoms with E-state index in [1.54, 1.807) is 0 Å². The molecule has 17 heavy (non-hydrogen) atoms. The van der Waals surface area contributed by atoms with E-state index in [2.05, 4.69) is 0 Å². The first-order valence-corrected chi connectivity index (χ1v) is 6.15. The summed E-state index contributed by atoms with van der Waals surface area (Å²) < 4.78 is 66.9. The second kappa shape index (κ2) is 5.13. The lowest BCUT2D eigenvalue weighted by molar-refractivity contribution is 0.139. The Morgan fingerprint density at radius 3 is 1.71 bits per heavy atom. The Hall–Kier alpha value is -0.963. The molecule has 0 atom stereocenters. The van der Waals surface area contributed by atoms with Crippen LogP contribution in [-0.2, 0) is 13.3 Å². The van der Waals surface area contributed by atoms with Gasteiger partial charge in [0.2, 0.25) is 0 Å². The van der Waals surface area contributed by atoms with Crippen molar-refractivity contribution >= 4 is 14.0 Å². The molecule has 0 aliphatic rings. The van der Waals surface area contributed by atoms with Crippen LogP contribution in [0.1, 0.15) is 0 Å². The van der Waals surface area contributed by atoms with E-state index < -0.39 is 37.3 Å². The fourth-order valence-corrected chi connectivity index (χ4v) is 3.22. The fourth-order valence-electron chi connectivity index (χ4n) is 1.38. The fraction of sp³-hybridized carbons (Fsp3) is 0.333. The van der Waals surface area contributed by atoms with Crippen LogP contribution >= 0.6 is 0 Å². The van der Waals surface area contributed by atoms with Gasteiger partial charge in [-0.2, -0.15) is 0 Å². The van der Waals surface area contributed by atoms with E-state index in [9.17, 15) is 17.6 Å². The number of hydrogen-bond donors (Lipinski definition) is 0. The predicted octanol–water partition coefficient (Wildman–Crippen LogP) is 1.33. The zero-order chi connectivity index (χ0) is 13.2. The molecular formula is C9H10F4O3Si. The summed E-state index contributed by atoms with van der Waals surface area (Å²) in [5, 5.41) is -0.596. The highest BCUT2D eigenvalue weighted by Crippen LogP contribution is 2.17. The van der Waals surface area contributed by atoms with E-state index >= 15 is 0 Å². The zero-order valence-electron chi connectivity index (χ0n) is 9.31. The highest BCUT2D eigenvalue weighted by molar-refractivity contribution is 6.75. The lowest BCUT2D eigenvalue weighted by Crippen LogP contribution is -2.56. The SMILES string of the molecule is CO[Si](OC)(OC)c1cc(F)c(F)c(F)c1F. The van der Waals surface area contributed by atoms with E-state index in [0.717, 1.165) is 21.3 Å². The maximum atomic E-state index is 13.5. The van der Waals surface area contributed by atoms with Gasteiger partial charge in [0, 0.05) is 21.3 Å². The van der Waals surface area contributed by atoms with E-state index in [0.29, 0.717) is 6.07 Å². The Bertz CT molecular complexity index is 415. The zero-order valence-corrected chi connectivity index (χ0v) is 10.3. The summed E-state index contributed by atoms with van der Waals surface area (Å²) in [7, 11) is -0.335. The summed E-state index contributed by atoms with van der Waals surface area (Å²) in [6, 6.07) is 0.469. The Kier molecular flexibility index (Phi) is 4.25. The van der Waals surface area contributed by atoms with Gasteiger partial charge in [-0.3, -0.25) is 0 Å². The molecule has 0 saturated carbocycles. The summed E-state index contributed by atoms with van der Waals surface area (Å²) in [6.07, 6.45) is 0. The molecule has 96 valence electrons. The summed E-state index contributed by atoms with van der Waals surface area (Å²) in [5.41, 5.74) is 0. The van der Waals surface area contributed by atoms with Gasteiger partial charge >= 0.3 is 8.80 Å². The monoisotopic (exact) mass is 270 g/mol. The van der Waals surface area contributed by atoms with Gasteiger partial charge in [0.1, 0.15) is 0 Å². The van der Waals surface area contributed by atoms with Crippen LogP contribution in [0.15, 0.2) is 6.07 Å². The molecule has 1 aromatic carbocycles. The molecule has 0 N–H and O–H groups in total. The molecule has 0 saturated heterocycles. The minimum atomic E-state index is -3.75. The van der Waals surface area contributed by atoms with Gasteiger partial charge in [-0.15, -0.1) is 0 Å². The van der Waals surface area contributed by atoms with E-state index in [1.807, 2.05) is 0 Å². The van der Waals surface area contributed by atoms with Gasteiger partial charge in [0.05, 0.1) is 5.19 Å². The maximum absolute atomic E-state index is 13.5. The highest BCUT2D eigenvalue weighted by Gasteiger charge is 2.45. The first-order valence-electron chi connectivity index (χ1n) is 4.42. The third-order valence-corrected chi connectivity index (χ3v) is 4.87. The van der Waals surface area contributed by atoms with Crippen LogP contribution in [0.2, 0.25) is 0 Å². The largest absolute Gasteiger partial charge is 0.539 e. The minimum absolute atomic E-state index is 0.469. The average Bonchev–Trinajstić information content (AvgIpc) is 2.35. The van der Waals surface area contributed by atoms with Gasteiger partial charge in [-0.1, -0.05) is 0 Å². The molecule has 8 heteroatoms. The van der Waals surface area contributed by atoms with Gasteiger partial charge in [0.25, 0.3) is 0 Å². The number of benzene rings is 1. The van der Waals surface area contributed by atoms with Gasteiger partial charge in [-0.25, -0.2) is 17.6 Å². The van der Waals surface area contributed by atoms with Crippen molar-refractivity contribution in [1.29, 1.82) is 0 Å². The van der Waals surface area contributed by atoms with Crippen LogP contribution in [0, 0.1) is 23.3 Å². The van der Waals surface area contributed by atoms with Gasteiger partial charge in [0.15, 0.2) is 23.3 Å². The Balaban J connectivity index is 3.50. The van der Waals surface area contributed by atoms with E-state index in [4.69, 9.17) is 13.3 Å². The van der Waals surface area contributed by atoms with Crippen LogP contribution in [0.4, 0.5) is 17.6 Å². The van der Waals surface area contributed by atoms with Crippen molar-refractivity contribution in [3.8, 4) is 0 Å². The van der Waals surface area contributed by atoms with Crippen molar-refractivity contribution in [1.82, 2.24) is 0 Å². The molecule has 0 spiro atoms. The Labute approximate surface area is 96.3 Å². The quantitative estimate of drug-likeness (QED) is 0.357. The van der Waals surface area contributed by atoms with Crippen molar-refractivity contribution in [2.45, 2.75) is 0 Å². The predicted molar refractivity (Wildman–Crippen MR) is 52.7 cm³/mol. The topological polar surface area (TPSA) is 27.7 Å². The molecule has 0 amide bonds. The Morgan fingerprint density at radius 2 is 1.29 bits per heavy atom. The molecule has 1 rings (SSSR count). The molecule has 0 aromatic heterocycles. The first kappa shape index (κ1) is 14.1. The minimum Gasteiger partial charge on any atom is -0.373 e. The second-order valence-corrected chi connectivity index (χ2v) is 5.89. The van der Waals surface area contributed by atoms with Crippen molar-refractivity contribution < 1.29 is 30.8 Å². The highest BCUT2D eigenvalue weighted by atomic mass is 28.4. The molecule has 0 aliphatic heterocycles. The van der Waals surface area contributed by atoms with Gasteiger partial charge < -0.3 is 13.3 Å². The molecule has 0 unspecified atom stereocenters. The third kappa shape index (κ3) is 2.21. The van der Waals surface area contributed by atoms with Crippen molar-refractivity contribution in [2.24, 2.45) is 0 Å².